The van der Waals surface area contributed by atoms with Crippen LogP contribution >= 0.6 is 11.6 Å². The van der Waals surface area contributed by atoms with Gasteiger partial charge in [0.05, 0.1) is 16.9 Å². The normalized spacial score (nSPS) is 11.8. The van der Waals surface area contributed by atoms with E-state index in [-0.39, 0.29) is 17.6 Å². The molecule has 23 heavy (non-hydrogen) atoms. The van der Waals surface area contributed by atoms with E-state index in [2.05, 4.69) is 17.2 Å². The highest BCUT2D eigenvalue weighted by molar-refractivity contribution is 6.30. The first-order valence-corrected chi connectivity index (χ1v) is 7.72. The maximum atomic E-state index is 14.4. The summed E-state index contributed by atoms with van der Waals surface area (Å²) >= 11 is 5.89. The van der Waals surface area contributed by atoms with Gasteiger partial charge >= 0.3 is 0 Å². The van der Waals surface area contributed by atoms with Gasteiger partial charge in [-0.15, -0.1) is 0 Å². The molecule has 0 fully saturated rings. The van der Waals surface area contributed by atoms with E-state index in [1.54, 1.807) is 12.1 Å². The van der Waals surface area contributed by atoms with Gasteiger partial charge in [-0.1, -0.05) is 60.6 Å². The van der Waals surface area contributed by atoms with Crippen LogP contribution in [0.1, 0.15) is 17.2 Å². The number of nitrogens with one attached hydrogen (secondary N) is 2. The van der Waals surface area contributed by atoms with Crippen molar-refractivity contribution in [2.45, 2.75) is 12.5 Å². The van der Waals surface area contributed by atoms with Gasteiger partial charge in [-0.05, 0) is 18.1 Å². The molecule has 0 spiro atoms. The summed E-state index contributed by atoms with van der Waals surface area (Å²) in [7, 11) is 0. The van der Waals surface area contributed by atoms with Crippen molar-refractivity contribution in [1.29, 1.82) is 0 Å². The average Bonchev–Trinajstić information content (AvgIpc) is 2.56. The van der Waals surface area contributed by atoms with Crippen LogP contribution in [0.4, 0.5) is 8.78 Å². The lowest BCUT2D eigenvalue weighted by atomic mass is 9.98. The fraction of sp³-hybridized carbons (Fsp3) is 0.222. The second kappa shape index (κ2) is 8.53. The van der Waals surface area contributed by atoms with Crippen LogP contribution in [0.3, 0.4) is 0 Å². The van der Waals surface area contributed by atoms with E-state index in [9.17, 15) is 8.78 Å². The molecule has 122 valence electrons. The summed E-state index contributed by atoms with van der Waals surface area (Å²) in [5.41, 5.74) is 1.49. The maximum absolute atomic E-state index is 14.4. The molecule has 2 aromatic carbocycles. The fourth-order valence-corrected chi connectivity index (χ4v) is 2.52. The topological polar surface area (TPSA) is 24.1 Å². The van der Waals surface area contributed by atoms with Crippen LogP contribution in [0.2, 0.25) is 5.02 Å². The average molecular weight is 337 g/mol. The Labute approximate surface area is 140 Å². The lowest BCUT2D eigenvalue weighted by Crippen LogP contribution is -2.31. The van der Waals surface area contributed by atoms with Crippen LogP contribution in [0.25, 0.3) is 0 Å². The largest absolute Gasteiger partial charge is 0.370 e. The summed E-state index contributed by atoms with van der Waals surface area (Å²) in [6.45, 7) is 3.46. The number of hydrogen-bond donors (Lipinski definition) is 2. The van der Waals surface area contributed by atoms with Gasteiger partial charge < -0.3 is 10.6 Å². The summed E-state index contributed by atoms with van der Waals surface area (Å²) in [5, 5.41) is 6.00. The maximum Gasteiger partial charge on any atom is 0.147 e. The van der Waals surface area contributed by atoms with Gasteiger partial charge in [0, 0.05) is 12.1 Å². The molecule has 0 aliphatic heterocycles. The summed E-state index contributed by atoms with van der Waals surface area (Å²) in [5.74, 6) is -0.0103. The molecule has 1 unspecified atom stereocenters. The van der Waals surface area contributed by atoms with E-state index in [4.69, 9.17) is 11.6 Å². The van der Waals surface area contributed by atoms with E-state index < -0.39 is 12.5 Å². The van der Waals surface area contributed by atoms with Crippen LogP contribution in [-0.4, -0.2) is 13.2 Å². The molecule has 0 aromatic heterocycles. The first kappa shape index (κ1) is 17.3. The first-order chi connectivity index (χ1) is 11.1. The zero-order valence-corrected chi connectivity index (χ0v) is 13.4. The molecule has 5 heteroatoms. The van der Waals surface area contributed by atoms with Crippen LogP contribution in [0.5, 0.6) is 0 Å². The smallest absolute Gasteiger partial charge is 0.147 e. The van der Waals surface area contributed by atoms with Crippen molar-refractivity contribution in [3.05, 3.63) is 82.9 Å². The minimum atomic E-state index is -0.504. The molecule has 0 heterocycles. The first-order valence-electron chi connectivity index (χ1n) is 7.35. The Morgan fingerprint density at radius 1 is 1.13 bits per heavy atom. The van der Waals surface area contributed by atoms with Gasteiger partial charge in [0.2, 0.25) is 0 Å². The standard InChI is InChI=1S/C18H19ClF2N2/c1-13(22-11-10-20)23-17(12-14-6-3-2-4-7-14)15-8-5-9-16(19)18(15)21/h2-9,17,22-23H,1,10-12H2. The Bertz CT molecular complexity index is 647. The van der Waals surface area contributed by atoms with E-state index >= 15 is 0 Å². The number of benzene rings is 2. The van der Waals surface area contributed by atoms with Gasteiger partial charge in [0.25, 0.3) is 0 Å². The lowest BCUT2D eigenvalue weighted by molar-refractivity contribution is 0.463. The van der Waals surface area contributed by atoms with Gasteiger partial charge in [0.15, 0.2) is 0 Å². The number of alkyl halides is 1. The van der Waals surface area contributed by atoms with Crippen LogP contribution in [0.15, 0.2) is 60.9 Å². The molecular weight excluding hydrogens is 318 g/mol. The van der Waals surface area contributed by atoms with E-state index in [1.807, 2.05) is 30.3 Å². The molecule has 0 amide bonds. The predicted molar refractivity (Wildman–Crippen MR) is 90.6 cm³/mol. The predicted octanol–water partition coefficient (Wildman–Crippen LogP) is 4.38. The summed E-state index contributed by atoms with van der Waals surface area (Å²) in [4.78, 5) is 0. The van der Waals surface area contributed by atoms with Crippen molar-refractivity contribution in [3.8, 4) is 0 Å². The second-order valence-corrected chi connectivity index (χ2v) is 5.53. The summed E-state index contributed by atoms with van der Waals surface area (Å²) in [6.07, 6.45) is 0.550. The highest BCUT2D eigenvalue weighted by Gasteiger charge is 2.18. The molecule has 2 nitrogen and oxygen atoms in total. The molecule has 0 aliphatic carbocycles. The van der Waals surface area contributed by atoms with Crippen LogP contribution < -0.4 is 10.6 Å². The molecule has 2 rings (SSSR count). The third-order valence-electron chi connectivity index (χ3n) is 3.42. The zero-order valence-electron chi connectivity index (χ0n) is 12.7. The SMILES string of the molecule is C=C(NCCF)NC(Cc1ccccc1)c1cccc(Cl)c1F. The molecule has 0 aliphatic rings. The highest BCUT2D eigenvalue weighted by atomic mass is 35.5. The highest BCUT2D eigenvalue weighted by Crippen LogP contribution is 2.26. The number of hydrogen-bond acceptors (Lipinski definition) is 2. The zero-order chi connectivity index (χ0) is 16.7. The van der Waals surface area contributed by atoms with Crippen molar-refractivity contribution in [1.82, 2.24) is 10.6 Å². The molecule has 0 saturated heterocycles. The van der Waals surface area contributed by atoms with E-state index in [0.29, 0.717) is 17.8 Å². The monoisotopic (exact) mass is 336 g/mol. The van der Waals surface area contributed by atoms with Crippen molar-refractivity contribution in [2.24, 2.45) is 0 Å². The molecule has 0 radical (unpaired) electrons. The van der Waals surface area contributed by atoms with Crippen molar-refractivity contribution >= 4 is 11.6 Å². The minimum Gasteiger partial charge on any atom is -0.370 e. The van der Waals surface area contributed by atoms with Crippen molar-refractivity contribution < 1.29 is 8.78 Å². The summed E-state index contributed by atoms with van der Waals surface area (Å²) < 4.78 is 26.6. The van der Waals surface area contributed by atoms with E-state index in [1.165, 1.54) is 6.07 Å². The number of halogens is 3. The molecule has 2 N–H and O–H groups in total. The molecule has 0 saturated carbocycles. The lowest BCUT2D eigenvalue weighted by Gasteiger charge is -2.23. The van der Waals surface area contributed by atoms with Crippen LogP contribution in [0, 0.1) is 5.82 Å². The van der Waals surface area contributed by atoms with Crippen molar-refractivity contribution in [2.75, 3.05) is 13.2 Å². The van der Waals surface area contributed by atoms with Gasteiger partial charge in [-0.25, -0.2) is 8.78 Å². The van der Waals surface area contributed by atoms with Gasteiger partial charge in [-0.2, -0.15) is 0 Å². The second-order valence-electron chi connectivity index (χ2n) is 5.12. The minimum absolute atomic E-state index is 0.0738. The van der Waals surface area contributed by atoms with Gasteiger partial charge in [0.1, 0.15) is 12.5 Å². The number of rotatable bonds is 8. The molecule has 2 aromatic rings. The van der Waals surface area contributed by atoms with E-state index in [0.717, 1.165) is 5.56 Å². The van der Waals surface area contributed by atoms with Crippen LogP contribution in [-0.2, 0) is 6.42 Å². The Morgan fingerprint density at radius 3 is 2.57 bits per heavy atom. The van der Waals surface area contributed by atoms with Crippen molar-refractivity contribution in [3.63, 3.8) is 0 Å². The Balaban J connectivity index is 2.23. The fourth-order valence-electron chi connectivity index (χ4n) is 2.34. The molecular formula is C18H19ClF2N2. The van der Waals surface area contributed by atoms with Gasteiger partial charge in [-0.3, -0.25) is 0 Å². The Kier molecular flexibility index (Phi) is 6.41. The summed E-state index contributed by atoms with van der Waals surface area (Å²) in [6, 6.07) is 14.2. The third-order valence-corrected chi connectivity index (χ3v) is 3.71. The molecule has 0 bridgehead atoms. The Hall–Kier alpha value is -2.07. The third kappa shape index (κ3) is 4.96. The molecule has 1 atom stereocenters. The quantitative estimate of drug-likeness (QED) is 0.747. The Morgan fingerprint density at radius 2 is 1.87 bits per heavy atom.